The van der Waals surface area contributed by atoms with Crippen molar-refractivity contribution in [3.8, 4) is 33.6 Å². The van der Waals surface area contributed by atoms with Gasteiger partial charge in [-0.2, -0.15) is 0 Å². The van der Waals surface area contributed by atoms with E-state index in [2.05, 4.69) is 124 Å². The molecule has 11 rings (SSSR count). The predicted molar refractivity (Wildman–Crippen MR) is 210 cm³/mol. The van der Waals surface area contributed by atoms with E-state index < -0.39 is 0 Å². The summed E-state index contributed by atoms with van der Waals surface area (Å²) in [6.45, 7) is 0. The van der Waals surface area contributed by atoms with Gasteiger partial charge < -0.3 is 14.4 Å². The summed E-state index contributed by atoms with van der Waals surface area (Å²) in [5.74, 6) is 0. The third-order valence-corrected chi connectivity index (χ3v) is 10.6. The number of fused-ring (bicyclic) bond motifs is 10. The van der Waals surface area contributed by atoms with Crippen molar-refractivity contribution in [2.75, 3.05) is 0 Å². The van der Waals surface area contributed by atoms with Gasteiger partial charge in [0.2, 0.25) is 0 Å². The smallest absolute Gasteiger partial charge is 0.0524 e. The van der Waals surface area contributed by atoms with Gasteiger partial charge in [0.05, 0.1) is 5.52 Å². The van der Waals surface area contributed by atoms with Crippen LogP contribution in [0.5, 0.6) is 0 Å². The molecule has 5 heteroatoms. The van der Waals surface area contributed by atoms with Crippen molar-refractivity contribution in [3.05, 3.63) is 176 Å². The van der Waals surface area contributed by atoms with Gasteiger partial charge in [-0.15, -0.1) is 71.0 Å². The Morgan fingerprint density at radius 1 is 0.490 bits per heavy atom. The minimum atomic E-state index is 0. The van der Waals surface area contributed by atoms with E-state index in [1.54, 1.807) is 6.20 Å². The van der Waals surface area contributed by atoms with Crippen molar-refractivity contribution >= 4 is 69.6 Å². The Balaban J connectivity index is 0.000000228. The summed E-state index contributed by atoms with van der Waals surface area (Å²) in [4.78, 5) is 8.81. The standard InChI is InChI=1S/C35H19N2S.C11H8N.Ir/c1-2-8-21(9-3-1)22-13-15-30-27(18-22)34-33-24-10-4-5-12-31(24)38-32(33)20-26-25-19-23(28-11-6-7-17-36-28)14-16-29(25)37(30)35(26)34;1-2-6-10(7-3-1)11-8-4-5-9-12-11;/h1-13,15-20H;1-6,8-9H;/q2*-1;. The zero-order valence-electron chi connectivity index (χ0n) is 27.2. The van der Waals surface area contributed by atoms with Crippen LogP contribution in [0.25, 0.3) is 91.9 Å². The first-order valence-electron chi connectivity index (χ1n) is 16.7. The van der Waals surface area contributed by atoms with E-state index in [1.165, 1.54) is 69.4 Å². The molecule has 11 aromatic rings. The molecule has 243 valence electrons. The van der Waals surface area contributed by atoms with Crippen LogP contribution in [-0.2, 0) is 20.1 Å². The molecule has 3 nitrogen and oxygen atoms in total. The monoisotopic (exact) mass is 846 g/mol. The Labute approximate surface area is 312 Å². The maximum atomic E-state index is 4.59. The Morgan fingerprint density at radius 3 is 2.00 bits per heavy atom. The van der Waals surface area contributed by atoms with Gasteiger partial charge in [-0.3, -0.25) is 0 Å². The van der Waals surface area contributed by atoms with Gasteiger partial charge in [0.25, 0.3) is 0 Å². The third kappa shape index (κ3) is 5.21. The molecule has 6 aromatic carbocycles. The van der Waals surface area contributed by atoms with Crippen LogP contribution in [-0.4, -0.2) is 14.4 Å². The average molecular weight is 846 g/mol. The van der Waals surface area contributed by atoms with Crippen molar-refractivity contribution in [2.24, 2.45) is 0 Å². The van der Waals surface area contributed by atoms with Crippen molar-refractivity contribution in [3.63, 3.8) is 0 Å². The molecule has 0 fully saturated rings. The molecular formula is C46H27IrN3S-2. The predicted octanol–water partition coefficient (Wildman–Crippen LogP) is 12.3. The molecular weight excluding hydrogens is 819 g/mol. The van der Waals surface area contributed by atoms with Crippen LogP contribution < -0.4 is 0 Å². The van der Waals surface area contributed by atoms with Crippen LogP contribution in [0.3, 0.4) is 0 Å². The Kier molecular flexibility index (Phi) is 7.90. The Bertz CT molecular complexity index is 2920. The van der Waals surface area contributed by atoms with E-state index in [9.17, 15) is 0 Å². The molecule has 0 aliphatic carbocycles. The maximum Gasteiger partial charge on any atom is 0.0524 e. The van der Waals surface area contributed by atoms with Crippen LogP contribution in [0.15, 0.2) is 164 Å². The van der Waals surface area contributed by atoms with Gasteiger partial charge in [-0.05, 0) is 69.8 Å². The van der Waals surface area contributed by atoms with Crippen molar-refractivity contribution in [1.29, 1.82) is 0 Å². The van der Waals surface area contributed by atoms with Crippen LogP contribution in [0.2, 0.25) is 0 Å². The summed E-state index contributed by atoms with van der Waals surface area (Å²) in [7, 11) is 0. The number of pyridine rings is 2. The summed E-state index contributed by atoms with van der Waals surface area (Å²) in [6, 6.07) is 59.7. The van der Waals surface area contributed by atoms with Gasteiger partial charge in [0, 0.05) is 69.0 Å². The van der Waals surface area contributed by atoms with Gasteiger partial charge >= 0.3 is 0 Å². The normalized spacial score (nSPS) is 11.4. The number of rotatable bonds is 3. The molecule has 0 atom stereocenters. The average Bonchev–Trinajstić information content (AvgIpc) is 3.85. The second kappa shape index (κ2) is 12.9. The number of thiophene rings is 1. The molecule has 0 unspecified atom stereocenters. The third-order valence-electron chi connectivity index (χ3n) is 9.53. The quantitative estimate of drug-likeness (QED) is 0.166. The second-order valence-corrected chi connectivity index (χ2v) is 13.5. The largest absolute Gasteiger partial charge is 0.350 e. The minimum absolute atomic E-state index is 0. The molecule has 0 aliphatic rings. The topological polar surface area (TPSA) is 30.2 Å². The van der Waals surface area contributed by atoms with E-state index in [-0.39, 0.29) is 20.1 Å². The zero-order chi connectivity index (χ0) is 33.0. The summed E-state index contributed by atoms with van der Waals surface area (Å²) in [6.07, 6.45) is 3.63. The fourth-order valence-electron chi connectivity index (χ4n) is 7.32. The minimum Gasteiger partial charge on any atom is -0.350 e. The maximum absolute atomic E-state index is 4.59. The molecule has 0 N–H and O–H groups in total. The van der Waals surface area contributed by atoms with Crippen molar-refractivity contribution in [2.45, 2.75) is 0 Å². The summed E-state index contributed by atoms with van der Waals surface area (Å²) in [5.41, 5.74) is 10.2. The summed E-state index contributed by atoms with van der Waals surface area (Å²) < 4.78 is 5.12. The number of benzene rings is 6. The van der Waals surface area contributed by atoms with Gasteiger partial charge in [-0.25, -0.2) is 0 Å². The van der Waals surface area contributed by atoms with E-state index in [1.807, 2.05) is 72.1 Å². The molecule has 0 spiro atoms. The number of hydrogen-bond acceptors (Lipinski definition) is 3. The Morgan fingerprint density at radius 2 is 1.24 bits per heavy atom. The van der Waals surface area contributed by atoms with Crippen molar-refractivity contribution in [1.82, 2.24) is 14.4 Å². The molecule has 0 amide bonds. The molecule has 0 saturated heterocycles. The number of hydrogen-bond donors (Lipinski definition) is 0. The van der Waals surface area contributed by atoms with Crippen LogP contribution in [0, 0.1) is 12.1 Å². The molecule has 1 radical (unpaired) electrons. The van der Waals surface area contributed by atoms with Gasteiger partial charge in [0.15, 0.2) is 0 Å². The number of nitrogens with zero attached hydrogens (tertiary/aromatic N) is 3. The van der Waals surface area contributed by atoms with Crippen LogP contribution in [0.1, 0.15) is 0 Å². The molecule has 0 bridgehead atoms. The fourth-order valence-corrected chi connectivity index (χ4v) is 8.47. The molecule has 5 aromatic heterocycles. The second-order valence-electron chi connectivity index (χ2n) is 12.4. The molecule has 0 saturated carbocycles. The molecule has 5 heterocycles. The van der Waals surface area contributed by atoms with E-state index in [0.717, 1.165) is 22.5 Å². The van der Waals surface area contributed by atoms with E-state index in [4.69, 9.17) is 0 Å². The first-order chi connectivity index (χ1) is 24.8. The van der Waals surface area contributed by atoms with Gasteiger partial charge in [-0.1, -0.05) is 84.2 Å². The summed E-state index contributed by atoms with van der Waals surface area (Å²) >= 11 is 1.89. The fraction of sp³-hybridized carbons (Fsp3) is 0. The molecule has 51 heavy (non-hydrogen) atoms. The van der Waals surface area contributed by atoms with E-state index in [0.29, 0.717) is 0 Å². The van der Waals surface area contributed by atoms with Gasteiger partial charge in [0.1, 0.15) is 0 Å². The van der Waals surface area contributed by atoms with E-state index >= 15 is 0 Å². The first-order valence-corrected chi connectivity index (χ1v) is 17.5. The molecule has 0 aliphatic heterocycles. The first kappa shape index (κ1) is 31.3. The zero-order valence-corrected chi connectivity index (χ0v) is 30.4. The van der Waals surface area contributed by atoms with Crippen molar-refractivity contribution < 1.29 is 20.1 Å². The SMILES string of the molecule is [Ir].[c-]1cc2c(cc1-c1ccccn1)c1cc3sc4ccccc4c3c3c4cc(-c5ccccc5)ccc4n2c13.[c-]1ccccc1-c1ccccn1. The Hall–Kier alpha value is -5.71. The van der Waals surface area contributed by atoms with Crippen LogP contribution >= 0.6 is 11.3 Å². The summed E-state index contributed by atoms with van der Waals surface area (Å²) in [5, 5.41) is 7.88. The van der Waals surface area contributed by atoms with Crippen LogP contribution in [0.4, 0.5) is 0 Å². The number of aromatic nitrogens is 3.